The van der Waals surface area contributed by atoms with Gasteiger partial charge in [-0.3, -0.25) is 0 Å². The number of hydrogen-bond donors (Lipinski definition) is 1. The van der Waals surface area contributed by atoms with E-state index in [1.54, 1.807) is 7.11 Å². The van der Waals surface area contributed by atoms with Crippen LogP contribution >= 0.6 is 22.6 Å². The minimum absolute atomic E-state index is 0.294. The fraction of sp³-hybridized carbons (Fsp3) is 0.294. The normalized spacial score (nSPS) is 12.2. The molecule has 1 N–H and O–H groups in total. The van der Waals surface area contributed by atoms with E-state index >= 15 is 0 Å². The Hall–Kier alpha value is -1.07. The molecule has 3 heteroatoms. The van der Waals surface area contributed by atoms with Crippen molar-refractivity contribution < 1.29 is 4.74 Å². The summed E-state index contributed by atoms with van der Waals surface area (Å²) in [6, 6.07) is 15.3. The molecule has 0 radical (unpaired) electrons. The highest BCUT2D eigenvalue weighted by Gasteiger charge is 2.13. The molecule has 0 aliphatic carbocycles. The Balaban J connectivity index is 2.26. The lowest BCUT2D eigenvalue weighted by atomic mass is 9.97. The number of ether oxygens (including phenoxy) is 1. The molecule has 106 valence electrons. The number of benzene rings is 2. The van der Waals surface area contributed by atoms with E-state index in [1.165, 1.54) is 20.3 Å². The Morgan fingerprint density at radius 2 is 1.85 bits per heavy atom. The van der Waals surface area contributed by atoms with Crippen molar-refractivity contribution in [1.29, 1.82) is 0 Å². The van der Waals surface area contributed by atoms with Gasteiger partial charge in [-0.25, -0.2) is 0 Å². The standard InChI is InChI=1S/C17H20INO/c1-12-4-9-17(20-3)14(10-12)11-16(19-2)13-5-7-15(18)8-6-13/h4-10,16,19H,11H2,1-3H3. The fourth-order valence-electron chi connectivity index (χ4n) is 2.37. The molecule has 2 aromatic carbocycles. The lowest BCUT2D eigenvalue weighted by molar-refractivity contribution is 0.406. The van der Waals surface area contributed by atoms with Crippen LogP contribution in [0.2, 0.25) is 0 Å². The van der Waals surface area contributed by atoms with Crippen molar-refractivity contribution in [2.45, 2.75) is 19.4 Å². The van der Waals surface area contributed by atoms with Gasteiger partial charge in [-0.15, -0.1) is 0 Å². The minimum atomic E-state index is 0.294. The lowest BCUT2D eigenvalue weighted by Gasteiger charge is -2.19. The Bertz CT molecular complexity index is 566. The van der Waals surface area contributed by atoms with Crippen molar-refractivity contribution in [3.63, 3.8) is 0 Å². The molecule has 0 aromatic heterocycles. The second-order valence-corrected chi connectivity index (χ2v) is 6.16. The number of nitrogens with one attached hydrogen (secondary N) is 1. The van der Waals surface area contributed by atoms with Crippen molar-refractivity contribution in [3.05, 3.63) is 62.7 Å². The molecule has 20 heavy (non-hydrogen) atoms. The van der Waals surface area contributed by atoms with Crippen molar-refractivity contribution >= 4 is 22.6 Å². The van der Waals surface area contributed by atoms with Crippen molar-refractivity contribution in [1.82, 2.24) is 5.32 Å². The zero-order chi connectivity index (χ0) is 14.5. The van der Waals surface area contributed by atoms with Crippen LogP contribution < -0.4 is 10.1 Å². The summed E-state index contributed by atoms with van der Waals surface area (Å²) < 4.78 is 6.73. The van der Waals surface area contributed by atoms with Crippen LogP contribution in [0.25, 0.3) is 0 Å². The van der Waals surface area contributed by atoms with E-state index in [4.69, 9.17) is 4.74 Å². The van der Waals surface area contributed by atoms with E-state index in [2.05, 4.69) is 71.2 Å². The van der Waals surface area contributed by atoms with Gasteiger partial charge in [0.05, 0.1) is 7.11 Å². The maximum Gasteiger partial charge on any atom is 0.122 e. The van der Waals surface area contributed by atoms with E-state index in [0.717, 1.165) is 12.2 Å². The zero-order valence-corrected chi connectivity index (χ0v) is 14.3. The van der Waals surface area contributed by atoms with Crippen molar-refractivity contribution in [3.8, 4) is 5.75 Å². The van der Waals surface area contributed by atoms with E-state index in [-0.39, 0.29) is 0 Å². The van der Waals surface area contributed by atoms with Crippen LogP contribution in [0.15, 0.2) is 42.5 Å². The molecule has 2 aromatic rings. The minimum Gasteiger partial charge on any atom is -0.496 e. The first-order valence-electron chi connectivity index (χ1n) is 6.70. The predicted molar refractivity (Wildman–Crippen MR) is 92.4 cm³/mol. The first-order chi connectivity index (χ1) is 9.63. The molecule has 2 rings (SSSR count). The Morgan fingerprint density at radius 3 is 2.45 bits per heavy atom. The molecule has 0 aliphatic rings. The van der Waals surface area contributed by atoms with Gasteiger partial charge in [-0.2, -0.15) is 0 Å². The van der Waals surface area contributed by atoms with E-state index < -0.39 is 0 Å². The molecule has 0 amide bonds. The van der Waals surface area contributed by atoms with E-state index in [1.807, 2.05) is 13.1 Å². The van der Waals surface area contributed by atoms with Crippen molar-refractivity contribution in [2.75, 3.05) is 14.2 Å². The van der Waals surface area contributed by atoms with Gasteiger partial charge >= 0.3 is 0 Å². The SMILES string of the molecule is CNC(Cc1cc(C)ccc1OC)c1ccc(I)cc1. The number of likely N-dealkylation sites (N-methyl/N-ethyl adjacent to an activating group) is 1. The highest BCUT2D eigenvalue weighted by atomic mass is 127. The molecule has 0 saturated carbocycles. The molecule has 0 fully saturated rings. The molecule has 2 nitrogen and oxygen atoms in total. The summed E-state index contributed by atoms with van der Waals surface area (Å²) in [5.74, 6) is 0.960. The lowest BCUT2D eigenvalue weighted by Crippen LogP contribution is -2.19. The maximum absolute atomic E-state index is 5.47. The van der Waals surface area contributed by atoms with Crippen LogP contribution in [0.1, 0.15) is 22.7 Å². The van der Waals surface area contributed by atoms with Gasteiger partial charge < -0.3 is 10.1 Å². The fourth-order valence-corrected chi connectivity index (χ4v) is 2.73. The van der Waals surface area contributed by atoms with Gasteiger partial charge in [0.1, 0.15) is 5.75 Å². The van der Waals surface area contributed by atoms with Crippen LogP contribution in [0.5, 0.6) is 5.75 Å². The highest BCUT2D eigenvalue weighted by Crippen LogP contribution is 2.26. The number of rotatable bonds is 5. The third-order valence-corrected chi connectivity index (χ3v) is 4.20. The van der Waals surface area contributed by atoms with Gasteiger partial charge in [-0.1, -0.05) is 29.8 Å². The molecule has 0 bridgehead atoms. The summed E-state index contributed by atoms with van der Waals surface area (Å²) in [6.45, 7) is 2.11. The first kappa shape index (κ1) is 15.3. The largest absolute Gasteiger partial charge is 0.496 e. The molecule has 0 spiro atoms. The van der Waals surface area contributed by atoms with E-state index in [9.17, 15) is 0 Å². The average Bonchev–Trinajstić information content (AvgIpc) is 2.46. The van der Waals surface area contributed by atoms with Gasteiger partial charge in [0, 0.05) is 9.61 Å². The summed E-state index contributed by atoms with van der Waals surface area (Å²) >= 11 is 2.33. The summed E-state index contributed by atoms with van der Waals surface area (Å²) in [6.07, 6.45) is 0.919. The summed E-state index contributed by atoms with van der Waals surface area (Å²) in [4.78, 5) is 0. The number of aryl methyl sites for hydroxylation is 1. The van der Waals surface area contributed by atoms with Crippen LogP contribution in [-0.2, 0) is 6.42 Å². The smallest absolute Gasteiger partial charge is 0.122 e. The molecule has 1 unspecified atom stereocenters. The third kappa shape index (κ3) is 3.73. The van der Waals surface area contributed by atoms with Crippen LogP contribution in [0.3, 0.4) is 0 Å². The summed E-state index contributed by atoms with van der Waals surface area (Å²) in [5, 5.41) is 3.40. The molecule has 0 heterocycles. The molecule has 1 atom stereocenters. The predicted octanol–water partition coefficient (Wildman–Crippen LogP) is 4.11. The van der Waals surface area contributed by atoms with Gasteiger partial charge in [-0.05, 0) is 72.3 Å². The number of halogens is 1. The summed E-state index contributed by atoms with van der Waals surface area (Å²) in [7, 11) is 3.73. The Morgan fingerprint density at radius 1 is 1.15 bits per heavy atom. The molecular weight excluding hydrogens is 361 g/mol. The number of methoxy groups -OCH3 is 1. The topological polar surface area (TPSA) is 21.3 Å². The Labute approximate surface area is 134 Å². The molecule has 0 aliphatic heterocycles. The van der Waals surface area contributed by atoms with Crippen LogP contribution in [-0.4, -0.2) is 14.2 Å². The van der Waals surface area contributed by atoms with E-state index in [0.29, 0.717) is 6.04 Å². The Kier molecular flexibility index (Phi) is 5.43. The van der Waals surface area contributed by atoms with Gasteiger partial charge in [0.15, 0.2) is 0 Å². The highest BCUT2D eigenvalue weighted by molar-refractivity contribution is 14.1. The molecule has 0 saturated heterocycles. The van der Waals surface area contributed by atoms with Gasteiger partial charge in [0.25, 0.3) is 0 Å². The quantitative estimate of drug-likeness (QED) is 0.788. The second-order valence-electron chi connectivity index (χ2n) is 4.91. The van der Waals surface area contributed by atoms with Crippen molar-refractivity contribution in [2.24, 2.45) is 0 Å². The molecular formula is C17H20INO. The maximum atomic E-state index is 5.47. The monoisotopic (exact) mass is 381 g/mol. The number of hydrogen-bond acceptors (Lipinski definition) is 2. The van der Waals surface area contributed by atoms with Crippen LogP contribution in [0, 0.1) is 10.5 Å². The summed E-state index contributed by atoms with van der Waals surface area (Å²) in [5.41, 5.74) is 3.81. The average molecular weight is 381 g/mol. The second kappa shape index (κ2) is 7.09. The van der Waals surface area contributed by atoms with Gasteiger partial charge in [0.2, 0.25) is 0 Å². The first-order valence-corrected chi connectivity index (χ1v) is 7.78. The zero-order valence-electron chi connectivity index (χ0n) is 12.1. The third-order valence-electron chi connectivity index (χ3n) is 3.48. The van der Waals surface area contributed by atoms with Crippen LogP contribution in [0.4, 0.5) is 0 Å².